The summed E-state index contributed by atoms with van der Waals surface area (Å²) in [5, 5.41) is 0. The van der Waals surface area contributed by atoms with E-state index in [1.165, 1.54) is 45.0 Å². The zero-order valence-corrected chi connectivity index (χ0v) is 17.7. The summed E-state index contributed by atoms with van der Waals surface area (Å²) in [6, 6.07) is 30.4. The van der Waals surface area contributed by atoms with E-state index in [0.29, 0.717) is 0 Å². The van der Waals surface area contributed by atoms with Crippen molar-refractivity contribution in [3.05, 3.63) is 107 Å². The highest BCUT2D eigenvalue weighted by Crippen LogP contribution is 2.24. The van der Waals surface area contributed by atoms with Gasteiger partial charge in [0.05, 0.1) is 5.56 Å². The van der Waals surface area contributed by atoms with E-state index in [1.807, 2.05) is 0 Å². The first-order valence-electron chi connectivity index (χ1n) is 10.2. The quantitative estimate of drug-likeness (QED) is 0.435. The topological polar surface area (TPSA) is 7.76 Å². The monoisotopic (exact) mass is 380 g/mol. The predicted molar refractivity (Wildman–Crippen MR) is 118 cm³/mol. The third-order valence-electron chi connectivity index (χ3n) is 5.83. The summed E-state index contributed by atoms with van der Waals surface area (Å²) >= 11 is 0. The fourth-order valence-corrected chi connectivity index (χ4v) is 3.99. The van der Waals surface area contributed by atoms with Crippen molar-refractivity contribution in [1.29, 1.82) is 0 Å². The van der Waals surface area contributed by atoms with E-state index in [4.69, 9.17) is 0 Å². The highest BCUT2D eigenvalue weighted by Gasteiger charge is 2.22. The van der Waals surface area contributed by atoms with Crippen molar-refractivity contribution in [2.24, 2.45) is 7.05 Å². The Hall–Kier alpha value is -3.26. The molecular formula is C27H28N2+2. The highest BCUT2D eigenvalue weighted by molar-refractivity contribution is 5.62. The van der Waals surface area contributed by atoms with Gasteiger partial charge in [0.25, 0.3) is 0 Å². The van der Waals surface area contributed by atoms with Gasteiger partial charge in [-0.1, -0.05) is 36.4 Å². The first kappa shape index (κ1) is 19.1. The lowest BCUT2D eigenvalue weighted by Gasteiger charge is -2.11. The first-order chi connectivity index (χ1) is 14.1. The van der Waals surface area contributed by atoms with Gasteiger partial charge in [-0.15, -0.1) is 0 Å². The highest BCUT2D eigenvalue weighted by atomic mass is 15.0. The SMILES string of the molecule is Cc1ccccc1-c1cccc(C)[n+]1Cc1ccccc1-c1cccc(C)[n+]1C. The molecule has 0 amide bonds. The van der Waals surface area contributed by atoms with E-state index in [2.05, 4.69) is 122 Å². The number of nitrogens with zero attached hydrogens (tertiary/aromatic N) is 2. The van der Waals surface area contributed by atoms with Crippen LogP contribution in [0.25, 0.3) is 22.5 Å². The van der Waals surface area contributed by atoms with Crippen LogP contribution in [0.3, 0.4) is 0 Å². The number of pyridine rings is 2. The molecule has 4 rings (SSSR count). The van der Waals surface area contributed by atoms with Crippen LogP contribution in [0.2, 0.25) is 0 Å². The van der Waals surface area contributed by atoms with Gasteiger partial charge >= 0.3 is 0 Å². The molecule has 0 aliphatic carbocycles. The lowest BCUT2D eigenvalue weighted by molar-refractivity contribution is -0.683. The molecule has 0 unspecified atom stereocenters. The number of rotatable bonds is 4. The van der Waals surface area contributed by atoms with E-state index in [9.17, 15) is 0 Å². The molecule has 0 fully saturated rings. The van der Waals surface area contributed by atoms with Crippen LogP contribution in [-0.4, -0.2) is 0 Å². The molecule has 144 valence electrons. The molecule has 2 aromatic heterocycles. The maximum Gasteiger partial charge on any atom is 0.213 e. The van der Waals surface area contributed by atoms with Crippen molar-refractivity contribution < 1.29 is 9.13 Å². The first-order valence-corrected chi connectivity index (χ1v) is 10.2. The molecule has 0 spiro atoms. The maximum absolute atomic E-state index is 2.43. The molecular weight excluding hydrogens is 352 g/mol. The van der Waals surface area contributed by atoms with Gasteiger partial charge in [0, 0.05) is 49.2 Å². The Morgan fingerprint density at radius 3 is 1.97 bits per heavy atom. The Morgan fingerprint density at radius 1 is 0.586 bits per heavy atom. The molecule has 2 heteroatoms. The van der Waals surface area contributed by atoms with E-state index < -0.39 is 0 Å². The molecule has 0 N–H and O–H groups in total. The molecule has 29 heavy (non-hydrogen) atoms. The Kier molecular flexibility index (Phi) is 5.26. The second-order valence-electron chi connectivity index (χ2n) is 7.72. The Labute approximate surface area is 173 Å². The third kappa shape index (κ3) is 3.71. The minimum absolute atomic E-state index is 0.834. The van der Waals surface area contributed by atoms with Gasteiger partial charge < -0.3 is 0 Å². The summed E-state index contributed by atoms with van der Waals surface area (Å²) in [6.07, 6.45) is 0. The number of aryl methyl sites for hydroxylation is 3. The molecule has 2 aromatic carbocycles. The smallest absolute Gasteiger partial charge is 0.199 e. The number of hydrogen-bond donors (Lipinski definition) is 0. The van der Waals surface area contributed by atoms with Gasteiger partial charge in [-0.3, -0.25) is 0 Å². The van der Waals surface area contributed by atoms with Crippen LogP contribution in [0, 0.1) is 20.8 Å². The molecule has 0 aliphatic rings. The fourth-order valence-electron chi connectivity index (χ4n) is 3.99. The molecule has 4 aromatic rings. The molecule has 2 nitrogen and oxygen atoms in total. The van der Waals surface area contributed by atoms with Crippen molar-refractivity contribution in [2.75, 3.05) is 0 Å². The maximum atomic E-state index is 2.43. The van der Waals surface area contributed by atoms with Crippen LogP contribution in [0.15, 0.2) is 84.9 Å². The second kappa shape index (κ2) is 8.00. The summed E-state index contributed by atoms with van der Waals surface area (Å²) in [4.78, 5) is 0. The average molecular weight is 381 g/mol. The van der Waals surface area contributed by atoms with Gasteiger partial charge in [-0.2, -0.15) is 9.13 Å². The minimum atomic E-state index is 0.834. The molecule has 0 bridgehead atoms. The van der Waals surface area contributed by atoms with E-state index in [0.717, 1.165) is 6.54 Å². The van der Waals surface area contributed by atoms with Crippen LogP contribution >= 0.6 is 0 Å². The van der Waals surface area contributed by atoms with Crippen LogP contribution in [0.5, 0.6) is 0 Å². The van der Waals surface area contributed by atoms with Crippen molar-refractivity contribution in [3.8, 4) is 22.5 Å². The Morgan fingerprint density at radius 2 is 1.21 bits per heavy atom. The summed E-state index contributed by atoms with van der Waals surface area (Å²) in [5.41, 5.74) is 10.2. The van der Waals surface area contributed by atoms with Crippen molar-refractivity contribution in [2.45, 2.75) is 27.3 Å². The molecule has 0 atom stereocenters. The molecule has 0 radical (unpaired) electrons. The van der Waals surface area contributed by atoms with Crippen molar-refractivity contribution >= 4 is 0 Å². The number of benzene rings is 2. The molecule has 0 saturated heterocycles. The summed E-state index contributed by atoms with van der Waals surface area (Å²) in [7, 11) is 2.14. The fraction of sp³-hybridized carbons (Fsp3) is 0.185. The summed E-state index contributed by atoms with van der Waals surface area (Å²) in [5.74, 6) is 0. The van der Waals surface area contributed by atoms with Crippen LogP contribution in [0.4, 0.5) is 0 Å². The number of aromatic nitrogens is 2. The zero-order valence-electron chi connectivity index (χ0n) is 17.7. The molecule has 2 heterocycles. The standard InChI is InChI=1S/C27H28N2/c1-20-11-5-7-15-24(20)27-18-10-13-22(3)29(27)19-23-14-6-8-16-25(23)26-17-9-12-21(2)28(26)4/h5-18H,19H2,1-4H3/q+2. The minimum Gasteiger partial charge on any atom is -0.199 e. The van der Waals surface area contributed by atoms with Gasteiger partial charge in [0.2, 0.25) is 11.4 Å². The lowest BCUT2D eigenvalue weighted by Crippen LogP contribution is -2.41. The van der Waals surface area contributed by atoms with Gasteiger partial charge in [0.15, 0.2) is 17.9 Å². The number of hydrogen-bond acceptors (Lipinski definition) is 0. The average Bonchev–Trinajstić information content (AvgIpc) is 2.73. The van der Waals surface area contributed by atoms with Gasteiger partial charge in [0.1, 0.15) is 7.05 Å². The summed E-state index contributed by atoms with van der Waals surface area (Å²) in [6.45, 7) is 7.36. The zero-order chi connectivity index (χ0) is 20.4. The molecule has 0 saturated carbocycles. The Balaban J connectivity index is 1.85. The van der Waals surface area contributed by atoms with E-state index in [1.54, 1.807) is 0 Å². The van der Waals surface area contributed by atoms with Crippen LogP contribution in [0.1, 0.15) is 22.5 Å². The predicted octanol–water partition coefficient (Wildman–Crippen LogP) is 5.11. The van der Waals surface area contributed by atoms with Crippen molar-refractivity contribution in [1.82, 2.24) is 0 Å². The second-order valence-corrected chi connectivity index (χ2v) is 7.72. The van der Waals surface area contributed by atoms with E-state index >= 15 is 0 Å². The van der Waals surface area contributed by atoms with E-state index in [-0.39, 0.29) is 0 Å². The van der Waals surface area contributed by atoms with Crippen LogP contribution < -0.4 is 9.13 Å². The Bertz CT molecular complexity index is 1170. The van der Waals surface area contributed by atoms with Gasteiger partial charge in [-0.05, 0) is 36.8 Å². The van der Waals surface area contributed by atoms with Gasteiger partial charge in [-0.25, -0.2) is 0 Å². The van der Waals surface area contributed by atoms with Crippen LogP contribution in [-0.2, 0) is 13.6 Å². The lowest BCUT2D eigenvalue weighted by atomic mass is 10.0. The largest absolute Gasteiger partial charge is 0.213 e. The molecule has 0 aliphatic heterocycles. The summed E-state index contributed by atoms with van der Waals surface area (Å²) < 4.78 is 4.70. The van der Waals surface area contributed by atoms with Crippen molar-refractivity contribution in [3.63, 3.8) is 0 Å². The third-order valence-corrected chi connectivity index (χ3v) is 5.83. The normalized spacial score (nSPS) is 10.9.